The van der Waals surface area contributed by atoms with Crippen molar-refractivity contribution in [2.24, 2.45) is 5.92 Å². The van der Waals surface area contributed by atoms with E-state index in [1.165, 1.54) is 11.8 Å². The summed E-state index contributed by atoms with van der Waals surface area (Å²) in [6.07, 6.45) is 4.87. The molecule has 2 aliphatic heterocycles. The summed E-state index contributed by atoms with van der Waals surface area (Å²) >= 11 is 0. The van der Waals surface area contributed by atoms with Crippen LogP contribution >= 0.6 is 0 Å². The number of anilines is 2. The van der Waals surface area contributed by atoms with Crippen LogP contribution in [0, 0.1) is 5.92 Å². The van der Waals surface area contributed by atoms with Crippen LogP contribution in [-0.4, -0.2) is 78.9 Å². The number of ether oxygens (including phenoxy) is 1. The van der Waals surface area contributed by atoms with Gasteiger partial charge < -0.3 is 15.0 Å². The molecule has 9 nitrogen and oxygen atoms in total. The van der Waals surface area contributed by atoms with E-state index in [1.54, 1.807) is 29.2 Å². The number of benzene rings is 1. The first-order chi connectivity index (χ1) is 16.4. The second-order valence-corrected chi connectivity index (χ2v) is 9.34. The first-order valence-corrected chi connectivity index (χ1v) is 12.3. The molecule has 4 amide bonds. The van der Waals surface area contributed by atoms with E-state index in [-0.39, 0.29) is 36.0 Å². The Kier molecular flexibility index (Phi) is 7.95. The van der Waals surface area contributed by atoms with E-state index in [9.17, 15) is 19.2 Å². The fourth-order valence-electron chi connectivity index (χ4n) is 5.11. The lowest BCUT2D eigenvalue weighted by Crippen LogP contribution is -2.51. The van der Waals surface area contributed by atoms with Gasteiger partial charge in [-0.25, -0.2) is 4.90 Å². The number of hydrogen-bond acceptors (Lipinski definition) is 6. The Hall–Kier alpha value is -2.78. The molecule has 0 bridgehead atoms. The van der Waals surface area contributed by atoms with Gasteiger partial charge in [-0.15, -0.1) is 0 Å². The molecule has 4 rings (SSSR count). The number of imide groups is 1. The van der Waals surface area contributed by atoms with Crippen molar-refractivity contribution >= 4 is 35.0 Å². The van der Waals surface area contributed by atoms with Gasteiger partial charge in [0.15, 0.2) is 0 Å². The van der Waals surface area contributed by atoms with Crippen molar-refractivity contribution in [3.8, 4) is 0 Å². The predicted molar refractivity (Wildman–Crippen MR) is 127 cm³/mol. The minimum Gasteiger partial charge on any atom is -0.379 e. The summed E-state index contributed by atoms with van der Waals surface area (Å²) in [5.74, 6) is -0.939. The van der Waals surface area contributed by atoms with E-state index in [4.69, 9.17) is 4.74 Å². The SMILES string of the molecule is CC(=O)Nc1ccc(N2C(=O)CC(N(CCN3CCOCC3)C(=O)C3CCCCC3)C2=O)cc1. The van der Waals surface area contributed by atoms with Crippen LogP contribution in [0.4, 0.5) is 11.4 Å². The van der Waals surface area contributed by atoms with Crippen LogP contribution in [0.5, 0.6) is 0 Å². The van der Waals surface area contributed by atoms with Crippen molar-refractivity contribution in [1.29, 1.82) is 0 Å². The van der Waals surface area contributed by atoms with E-state index in [0.29, 0.717) is 37.7 Å². The number of amides is 4. The molecule has 1 aliphatic carbocycles. The number of morpholine rings is 1. The van der Waals surface area contributed by atoms with Crippen molar-refractivity contribution in [3.05, 3.63) is 24.3 Å². The Balaban J connectivity index is 1.51. The number of rotatable bonds is 7. The summed E-state index contributed by atoms with van der Waals surface area (Å²) in [6.45, 7) is 5.44. The molecule has 1 saturated carbocycles. The van der Waals surface area contributed by atoms with Gasteiger partial charge in [-0.2, -0.15) is 0 Å². The van der Waals surface area contributed by atoms with Crippen molar-refractivity contribution in [1.82, 2.24) is 9.80 Å². The average Bonchev–Trinajstić information content (AvgIpc) is 3.14. The van der Waals surface area contributed by atoms with Crippen LogP contribution in [0.2, 0.25) is 0 Å². The van der Waals surface area contributed by atoms with E-state index in [2.05, 4.69) is 10.2 Å². The largest absolute Gasteiger partial charge is 0.379 e. The molecule has 0 aromatic heterocycles. The van der Waals surface area contributed by atoms with Gasteiger partial charge >= 0.3 is 0 Å². The third-order valence-corrected chi connectivity index (χ3v) is 6.94. The highest BCUT2D eigenvalue weighted by Gasteiger charge is 2.45. The Bertz CT molecular complexity index is 906. The summed E-state index contributed by atoms with van der Waals surface area (Å²) in [5, 5.41) is 2.68. The maximum atomic E-state index is 13.6. The smallest absolute Gasteiger partial charge is 0.257 e. The Morgan fingerprint density at radius 2 is 1.74 bits per heavy atom. The van der Waals surface area contributed by atoms with Gasteiger partial charge in [-0.3, -0.25) is 24.1 Å². The second kappa shape index (κ2) is 11.1. The predicted octanol–water partition coefficient (Wildman–Crippen LogP) is 2.02. The molecule has 184 valence electrons. The minimum absolute atomic E-state index is 0.00182. The molecule has 1 atom stereocenters. The fourth-order valence-corrected chi connectivity index (χ4v) is 5.11. The zero-order chi connectivity index (χ0) is 24.1. The van der Waals surface area contributed by atoms with Gasteiger partial charge in [0.05, 0.1) is 25.3 Å². The van der Waals surface area contributed by atoms with Crippen molar-refractivity contribution in [2.75, 3.05) is 49.6 Å². The third-order valence-electron chi connectivity index (χ3n) is 6.94. The molecule has 1 aromatic carbocycles. The minimum atomic E-state index is -0.780. The topological polar surface area (TPSA) is 99.3 Å². The lowest BCUT2D eigenvalue weighted by Gasteiger charge is -2.35. The number of carbonyl (C=O) groups excluding carboxylic acids is 4. The Morgan fingerprint density at radius 1 is 1.06 bits per heavy atom. The molecule has 0 radical (unpaired) electrons. The maximum Gasteiger partial charge on any atom is 0.257 e. The molecule has 1 unspecified atom stereocenters. The quantitative estimate of drug-likeness (QED) is 0.612. The standard InChI is InChI=1S/C25H34N4O5/c1-18(30)26-20-7-9-21(10-8-20)29-23(31)17-22(25(29)33)28(12-11-27-13-15-34-16-14-27)24(32)19-5-3-2-4-6-19/h7-10,19,22H,2-6,11-17H2,1H3,(H,26,30). The van der Waals surface area contributed by atoms with Crippen LogP contribution in [0.1, 0.15) is 45.4 Å². The molecule has 9 heteroatoms. The van der Waals surface area contributed by atoms with E-state index in [1.807, 2.05) is 0 Å². The second-order valence-electron chi connectivity index (χ2n) is 9.34. The molecule has 1 aromatic rings. The zero-order valence-electron chi connectivity index (χ0n) is 19.8. The number of nitrogens with zero attached hydrogens (tertiary/aromatic N) is 3. The molecule has 2 saturated heterocycles. The highest BCUT2D eigenvalue weighted by molar-refractivity contribution is 6.23. The molecule has 34 heavy (non-hydrogen) atoms. The molecule has 2 heterocycles. The van der Waals surface area contributed by atoms with Crippen LogP contribution in [0.25, 0.3) is 0 Å². The Morgan fingerprint density at radius 3 is 2.38 bits per heavy atom. The molecular weight excluding hydrogens is 436 g/mol. The van der Waals surface area contributed by atoms with Gasteiger partial charge in [0.25, 0.3) is 5.91 Å². The van der Waals surface area contributed by atoms with Crippen molar-refractivity contribution in [3.63, 3.8) is 0 Å². The highest BCUT2D eigenvalue weighted by Crippen LogP contribution is 2.31. The Labute approximate surface area is 200 Å². The number of carbonyl (C=O) groups is 4. The lowest BCUT2D eigenvalue weighted by atomic mass is 9.88. The van der Waals surface area contributed by atoms with Gasteiger partial charge in [0.2, 0.25) is 17.7 Å². The zero-order valence-corrected chi connectivity index (χ0v) is 19.8. The van der Waals surface area contributed by atoms with Crippen LogP contribution in [-0.2, 0) is 23.9 Å². The molecule has 3 aliphatic rings. The summed E-state index contributed by atoms with van der Waals surface area (Å²) in [7, 11) is 0. The summed E-state index contributed by atoms with van der Waals surface area (Å²) in [4.78, 5) is 56.3. The van der Waals surface area contributed by atoms with Gasteiger partial charge in [-0.1, -0.05) is 19.3 Å². The monoisotopic (exact) mass is 470 g/mol. The summed E-state index contributed by atoms with van der Waals surface area (Å²) in [6, 6.07) is 5.83. The lowest BCUT2D eigenvalue weighted by molar-refractivity contribution is -0.143. The van der Waals surface area contributed by atoms with E-state index >= 15 is 0 Å². The van der Waals surface area contributed by atoms with Gasteiger partial charge in [0, 0.05) is 44.7 Å². The summed E-state index contributed by atoms with van der Waals surface area (Å²) < 4.78 is 5.42. The first kappa shape index (κ1) is 24.3. The van der Waals surface area contributed by atoms with Crippen LogP contribution in [0.15, 0.2) is 24.3 Å². The van der Waals surface area contributed by atoms with Crippen LogP contribution < -0.4 is 10.2 Å². The molecule has 0 spiro atoms. The van der Waals surface area contributed by atoms with E-state index in [0.717, 1.165) is 45.2 Å². The number of hydrogen-bond donors (Lipinski definition) is 1. The highest BCUT2D eigenvalue weighted by atomic mass is 16.5. The number of nitrogens with one attached hydrogen (secondary N) is 1. The van der Waals surface area contributed by atoms with E-state index < -0.39 is 6.04 Å². The van der Waals surface area contributed by atoms with Gasteiger partial charge in [0.1, 0.15) is 6.04 Å². The average molecular weight is 471 g/mol. The molecule has 1 N–H and O–H groups in total. The fraction of sp³-hybridized carbons (Fsp3) is 0.600. The third kappa shape index (κ3) is 5.64. The molecule has 3 fully saturated rings. The van der Waals surface area contributed by atoms with Gasteiger partial charge in [-0.05, 0) is 37.1 Å². The van der Waals surface area contributed by atoms with Crippen molar-refractivity contribution in [2.45, 2.75) is 51.5 Å². The summed E-state index contributed by atoms with van der Waals surface area (Å²) in [5.41, 5.74) is 1.04. The normalized spacial score (nSPS) is 22.1. The molecular formula is C25H34N4O5. The maximum absolute atomic E-state index is 13.6. The first-order valence-electron chi connectivity index (χ1n) is 12.3. The van der Waals surface area contributed by atoms with Crippen molar-refractivity contribution < 1.29 is 23.9 Å². The van der Waals surface area contributed by atoms with Crippen LogP contribution in [0.3, 0.4) is 0 Å².